The molecule has 5 rings (SSSR count). The number of anilines is 1. The van der Waals surface area contributed by atoms with Crippen LogP contribution in [0.5, 0.6) is 0 Å². The van der Waals surface area contributed by atoms with Gasteiger partial charge in [0.1, 0.15) is 17.0 Å². The van der Waals surface area contributed by atoms with Crippen molar-refractivity contribution in [2.75, 3.05) is 5.32 Å². The highest BCUT2D eigenvalue weighted by Crippen LogP contribution is 2.27. The van der Waals surface area contributed by atoms with Gasteiger partial charge in [-0.05, 0) is 6.07 Å². The lowest BCUT2D eigenvalue weighted by molar-refractivity contribution is 0.0942. The first-order valence-electron chi connectivity index (χ1n) is 11.1. The largest absolute Gasteiger partial charge is 0.346 e. The molecule has 11 nitrogen and oxygen atoms in total. The number of hydrogen-bond donors (Lipinski definition) is 2. The van der Waals surface area contributed by atoms with Crippen molar-refractivity contribution in [1.82, 2.24) is 39.5 Å². The van der Waals surface area contributed by atoms with E-state index in [0.717, 1.165) is 16.3 Å². The number of carbonyl (C=O) groups is 2. The Morgan fingerprint density at radius 3 is 2.49 bits per heavy atom. The van der Waals surface area contributed by atoms with E-state index in [4.69, 9.17) is 0 Å². The SMILES string of the molecule is Cn1cc(CNC(=O)c2c(NC(=O)c3cnn4c(C(F)F)cc(-c5ccccc5)nc34)cnn2C)cn1. The molecule has 188 valence electrons. The third-order valence-corrected chi connectivity index (χ3v) is 5.65. The van der Waals surface area contributed by atoms with Gasteiger partial charge in [-0.3, -0.25) is 19.0 Å². The topological polar surface area (TPSA) is 124 Å². The van der Waals surface area contributed by atoms with Crippen molar-refractivity contribution in [2.24, 2.45) is 14.1 Å². The molecule has 0 aliphatic carbocycles. The summed E-state index contributed by atoms with van der Waals surface area (Å²) in [5, 5.41) is 17.5. The number of hydrogen-bond acceptors (Lipinski definition) is 6. The van der Waals surface area contributed by atoms with E-state index in [0.29, 0.717) is 5.56 Å². The summed E-state index contributed by atoms with van der Waals surface area (Å²) < 4.78 is 31.6. The molecule has 0 aliphatic heterocycles. The number of carbonyl (C=O) groups excluding carboxylic acids is 2. The molecule has 0 bridgehead atoms. The molecule has 0 saturated carbocycles. The molecule has 0 fully saturated rings. The minimum atomic E-state index is -2.85. The van der Waals surface area contributed by atoms with Crippen LogP contribution in [0.15, 0.2) is 61.2 Å². The van der Waals surface area contributed by atoms with Crippen LogP contribution in [0.3, 0.4) is 0 Å². The lowest BCUT2D eigenvalue weighted by Crippen LogP contribution is -2.26. The van der Waals surface area contributed by atoms with Crippen molar-refractivity contribution >= 4 is 23.1 Å². The molecular formula is C24H21F2N9O2. The van der Waals surface area contributed by atoms with Gasteiger partial charge in [-0.15, -0.1) is 0 Å². The normalized spacial score (nSPS) is 11.3. The second-order valence-corrected chi connectivity index (χ2v) is 8.22. The predicted octanol–water partition coefficient (Wildman–Crippen LogP) is 2.98. The first kappa shape index (κ1) is 23.8. The molecule has 0 aliphatic rings. The van der Waals surface area contributed by atoms with Crippen molar-refractivity contribution in [3.05, 3.63) is 83.7 Å². The zero-order valence-electron chi connectivity index (χ0n) is 19.8. The Morgan fingerprint density at radius 2 is 1.78 bits per heavy atom. The smallest absolute Gasteiger partial charge is 0.280 e. The Kier molecular flexibility index (Phi) is 6.17. The predicted molar refractivity (Wildman–Crippen MR) is 129 cm³/mol. The second kappa shape index (κ2) is 9.60. The van der Waals surface area contributed by atoms with Crippen LogP contribution < -0.4 is 10.6 Å². The number of amides is 2. The summed E-state index contributed by atoms with van der Waals surface area (Å²) in [4.78, 5) is 30.5. The standard InChI is InChI=1S/C24H21F2N9O2/c1-33-13-14(10-28-33)9-27-24(37)20-18(12-29-34(20)2)32-23(36)16-11-30-35-19(21(25)26)8-17(31-22(16)35)15-6-4-3-5-7-15/h3-8,10-13,21H,9H2,1-2H3,(H,27,37)(H,32,36). The molecule has 0 unspecified atom stereocenters. The zero-order valence-corrected chi connectivity index (χ0v) is 19.8. The van der Waals surface area contributed by atoms with Gasteiger partial charge < -0.3 is 10.6 Å². The molecule has 13 heteroatoms. The van der Waals surface area contributed by atoms with Crippen molar-refractivity contribution in [3.8, 4) is 11.3 Å². The minimum absolute atomic E-state index is 0.0368. The van der Waals surface area contributed by atoms with Gasteiger partial charge in [0.25, 0.3) is 18.2 Å². The number of nitrogens with zero attached hydrogens (tertiary/aromatic N) is 7. The van der Waals surface area contributed by atoms with Crippen LogP contribution in [0.2, 0.25) is 0 Å². The lowest BCUT2D eigenvalue weighted by atomic mass is 10.1. The molecule has 2 amide bonds. The van der Waals surface area contributed by atoms with Crippen LogP contribution in [0.1, 0.15) is 38.5 Å². The molecule has 37 heavy (non-hydrogen) atoms. The van der Waals surface area contributed by atoms with Crippen molar-refractivity contribution in [3.63, 3.8) is 0 Å². The molecule has 0 saturated heterocycles. The average Bonchev–Trinajstić information content (AvgIpc) is 3.60. The van der Waals surface area contributed by atoms with E-state index in [-0.39, 0.29) is 34.8 Å². The summed E-state index contributed by atoms with van der Waals surface area (Å²) in [5.74, 6) is -1.15. The number of rotatable bonds is 7. The first-order valence-corrected chi connectivity index (χ1v) is 11.1. The highest BCUT2D eigenvalue weighted by Gasteiger charge is 2.24. The van der Waals surface area contributed by atoms with Crippen LogP contribution in [0.25, 0.3) is 16.9 Å². The number of fused-ring (bicyclic) bond motifs is 1. The Balaban J connectivity index is 1.44. The number of alkyl halides is 2. The van der Waals surface area contributed by atoms with Gasteiger partial charge in [-0.1, -0.05) is 30.3 Å². The molecule has 2 N–H and O–H groups in total. The van der Waals surface area contributed by atoms with Crippen LogP contribution in [0.4, 0.5) is 14.5 Å². The van der Waals surface area contributed by atoms with Gasteiger partial charge in [0.05, 0.1) is 30.0 Å². The van der Waals surface area contributed by atoms with Gasteiger partial charge in [0, 0.05) is 38.0 Å². The zero-order chi connectivity index (χ0) is 26.1. The van der Waals surface area contributed by atoms with Gasteiger partial charge in [-0.25, -0.2) is 18.3 Å². The van der Waals surface area contributed by atoms with E-state index in [2.05, 4.69) is 30.9 Å². The quantitative estimate of drug-likeness (QED) is 0.351. The molecule has 0 radical (unpaired) electrons. The lowest BCUT2D eigenvalue weighted by Gasteiger charge is -2.09. The molecule has 0 atom stereocenters. The molecular weight excluding hydrogens is 484 g/mol. The molecule has 0 spiro atoms. The maximum Gasteiger partial charge on any atom is 0.280 e. The molecule has 4 heterocycles. The Bertz CT molecular complexity index is 1610. The van der Waals surface area contributed by atoms with E-state index in [1.54, 1.807) is 61.5 Å². The third-order valence-electron chi connectivity index (χ3n) is 5.65. The van der Waals surface area contributed by atoms with Crippen LogP contribution in [-0.2, 0) is 20.6 Å². The summed E-state index contributed by atoms with van der Waals surface area (Å²) in [6.45, 7) is 0.224. The van der Waals surface area contributed by atoms with Crippen LogP contribution in [0, 0.1) is 0 Å². The molecule has 1 aromatic carbocycles. The summed E-state index contributed by atoms with van der Waals surface area (Å²) in [6, 6.07) is 10.0. The Morgan fingerprint density at radius 1 is 1.00 bits per heavy atom. The minimum Gasteiger partial charge on any atom is -0.346 e. The summed E-state index contributed by atoms with van der Waals surface area (Å²) in [6.07, 6.45) is 3.04. The summed E-state index contributed by atoms with van der Waals surface area (Å²) >= 11 is 0. The van der Waals surface area contributed by atoms with Gasteiger partial charge in [0.15, 0.2) is 5.65 Å². The van der Waals surface area contributed by atoms with E-state index in [1.165, 1.54) is 16.9 Å². The fourth-order valence-corrected chi connectivity index (χ4v) is 3.88. The average molecular weight is 505 g/mol. The van der Waals surface area contributed by atoms with E-state index in [9.17, 15) is 18.4 Å². The van der Waals surface area contributed by atoms with Crippen molar-refractivity contribution in [2.45, 2.75) is 13.0 Å². The van der Waals surface area contributed by atoms with Crippen LogP contribution in [-0.4, -0.2) is 46.0 Å². The monoisotopic (exact) mass is 505 g/mol. The van der Waals surface area contributed by atoms with E-state index < -0.39 is 23.9 Å². The number of halogens is 2. The maximum atomic E-state index is 13.8. The number of benzene rings is 1. The first-order chi connectivity index (χ1) is 17.8. The molecule has 4 aromatic heterocycles. The summed E-state index contributed by atoms with van der Waals surface area (Å²) in [5.41, 5.74) is 1.45. The van der Waals surface area contributed by atoms with E-state index >= 15 is 0 Å². The second-order valence-electron chi connectivity index (χ2n) is 8.22. The number of aryl methyl sites for hydroxylation is 2. The highest BCUT2D eigenvalue weighted by atomic mass is 19.3. The number of aromatic nitrogens is 7. The third kappa shape index (κ3) is 4.66. The maximum absolute atomic E-state index is 13.8. The van der Waals surface area contributed by atoms with Gasteiger partial charge >= 0.3 is 0 Å². The fraction of sp³-hybridized carbons (Fsp3) is 0.167. The van der Waals surface area contributed by atoms with Crippen molar-refractivity contribution < 1.29 is 18.4 Å². The number of nitrogens with one attached hydrogen (secondary N) is 2. The van der Waals surface area contributed by atoms with Gasteiger partial charge in [0.2, 0.25) is 0 Å². The molecule has 5 aromatic rings. The van der Waals surface area contributed by atoms with Crippen molar-refractivity contribution in [1.29, 1.82) is 0 Å². The highest BCUT2D eigenvalue weighted by molar-refractivity contribution is 6.11. The van der Waals surface area contributed by atoms with Gasteiger partial charge in [-0.2, -0.15) is 15.3 Å². The van der Waals surface area contributed by atoms with E-state index in [1.807, 2.05) is 0 Å². The Hall–Kier alpha value is -4.94. The summed E-state index contributed by atoms with van der Waals surface area (Å²) in [7, 11) is 3.33. The van der Waals surface area contributed by atoms with Crippen LogP contribution >= 0.6 is 0 Å². The fourth-order valence-electron chi connectivity index (χ4n) is 3.88. The Labute approximate surface area is 208 Å².